The van der Waals surface area contributed by atoms with E-state index in [0.29, 0.717) is 29.5 Å². The van der Waals surface area contributed by atoms with E-state index in [1.807, 2.05) is 6.92 Å². The van der Waals surface area contributed by atoms with Crippen LogP contribution in [0, 0.1) is 0 Å². The zero-order valence-electron chi connectivity index (χ0n) is 18.0. The van der Waals surface area contributed by atoms with Crippen LogP contribution >= 0.6 is 23.4 Å². The number of hydrogen-bond donors (Lipinski definition) is 2. The SMILES string of the molecule is CCOC(=O)Cc1ccc(NC(=O)[C@H](CCSCC)NS(=O)(=O)c2ccc(Cl)cc2)cc1. The molecule has 0 heterocycles. The van der Waals surface area contributed by atoms with Gasteiger partial charge < -0.3 is 10.1 Å². The average molecular weight is 499 g/mol. The number of halogens is 1. The number of thioether (sulfide) groups is 1. The van der Waals surface area contributed by atoms with Crippen molar-refractivity contribution < 1.29 is 22.7 Å². The smallest absolute Gasteiger partial charge is 0.310 e. The second-order valence-electron chi connectivity index (χ2n) is 6.78. The number of benzene rings is 2. The van der Waals surface area contributed by atoms with Crippen molar-refractivity contribution in [3.05, 3.63) is 59.1 Å². The monoisotopic (exact) mass is 498 g/mol. The van der Waals surface area contributed by atoms with Crippen LogP contribution in [0.2, 0.25) is 5.02 Å². The standard InChI is InChI=1S/C22H27ClN2O5S2/c1-3-30-21(26)15-16-5-9-18(10-6-16)24-22(27)20(13-14-31-4-2)25-32(28,29)19-11-7-17(23)8-12-19/h5-12,20,25H,3-4,13-15H2,1-2H3,(H,24,27)/t20-/m0/s1. The molecule has 0 spiro atoms. The lowest BCUT2D eigenvalue weighted by molar-refractivity contribution is -0.142. The lowest BCUT2D eigenvalue weighted by atomic mass is 10.1. The normalized spacial score (nSPS) is 12.2. The molecule has 0 saturated carbocycles. The number of amides is 1. The molecule has 2 N–H and O–H groups in total. The third-order valence-corrected chi connectivity index (χ3v) is 7.04. The predicted octanol–water partition coefficient (Wildman–Crippen LogP) is 3.87. The molecule has 32 heavy (non-hydrogen) atoms. The maximum absolute atomic E-state index is 12.9. The molecule has 2 aromatic carbocycles. The van der Waals surface area contributed by atoms with E-state index in [9.17, 15) is 18.0 Å². The van der Waals surface area contributed by atoms with Crippen molar-refractivity contribution in [2.24, 2.45) is 0 Å². The van der Waals surface area contributed by atoms with E-state index in [1.54, 1.807) is 43.0 Å². The van der Waals surface area contributed by atoms with Gasteiger partial charge in [-0.15, -0.1) is 0 Å². The number of sulfonamides is 1. The minimum absolute atomic E-state index is 0.0335. The Kier molecular flexibility index (Phi) is 10.5. The Morgan fingerprint density at radius 2 is 1.72 bits per heavy atom. The van der Waals surface area contributed by atoms with Gasteiger partial charge in [0.25, 0.3) is 0 Å². The minimum atomic E-state index is -3.91. The number of carbonyl (C=O) groups is 2. The Morgan fingerprint density at radius 1 is 1.06 bits per heavy atom. The Bertz CT molecular complexity index is 996. The van der Waals surface area contributed by atoms with E-state index in [-0.39, 0.29) is 17.3 Å². The molecule has 0 bridgehead atoms. The summed E-state index contributed by atoms with van der Waals surface area (Å²) < 4.78 is 32.9. The summed E-state index contributed by atoms with van der Waals surface area (Å²) in [7, 11) is -3.91. The maximum atomic E-state index is 12.9. The van der Waals surface area contributed by atoms with Crippen LogP contribution in [0.1, 0.15) is 25.8 Å². The lowest BCUT2D eigenvalue weighted by Gasteiger charge is -2.18. The van der Waals surface area contributed by atoms with Gasteiger partial charge in [0.2, 0.25) is 15.9 Å². The van der Waals surface area contributed by atoms with Gasteiger partial charge in [0, 0.05) is 10.7 Å². The average Bonchev–Trinajstić information content (AvgIpc) is 2.75. The van der Waals surface area contributed by atoms with Crippen molar-refractivity contribution >= 4 is 50.9 Å². The summed E-state index contributed by atoms with van der Waals surface area (Å²) in [6, 6.07) is 11.6. The second-order valence-corrected chi connectivity index (χ2v) is 10.3. The molecule has 2 aromatic rings. The first-order chi connectivity index (χ1) is 15.2. The number of anilines is 1. The summed E-state index contributed by atoms with van der Waals surface area (Å²) in [5, 5.41) is 3.17. The van der Waals surface area contributed by atoms with Crippen LogP contribution in [0.25, 0.3) is 0 Å². The van der Waals surface area contributed by atoms with Gasteiger partial charge in [-0.05, 0) is 66.8 Å². The largest absolute Gasteiger partial charge is 0.466 e. The highest BCUT2D eigenvalue weighted by Gasteiger charge is 2.25. The zero-order valence-corrected chi connectivity index (χ0v) is 20.4. The van der Waals surface area contributed by atoms with Crippen molar-refractivity contribution in [2.45, 2.75) is 37.6 Å². The fourth-order valence-corrected chi connectivity index (χ4v) is 4.82. The van der Waals surface area contributed by atoms with E-state index in [2.05, 4.69) is 10.0 Å². The van der Waals surface area contributed by atoms with Crippen molar-refractivity contribution in [3.63, 3.8) is 0 Å². The Labute approximate surface area is 198 Å². The summed E-state index contributed by atoms with van der Waals surface area (Å²) in [4.78, 5) is 24.5. The summed E-state index contributed by atoms with van der Waals surface area (Å²) in [6.07, 6.45) is 0.470. The molecule has 10 heteroatoms. The van der Waals surface area contributed by atoms with Gasteiger partial charge >= 0.3 is 5.97 Å². The van der Waals surface area contributed by atoms with Crippen molar-refractivity contribution in [1.82, 2.24) is 4.72 Å². The van der Waals surface area contributed by atoms with Crippen molar-refractivity contribution in [2.75, 3.05) is 23.4 Å². The van der Waals surface area contributed by atoms with Gasteiger partial charge in [-0.25, -0.2) is 8.42 Å². The van der Waals surface area contributed by atoms with Crippen LogP contribution < -0.4 is 10.0 Å². The van der Waals surface area contributed by atoms with Crippen molar-refractivity contribution in [3.8, 4) is 0 Å². The van der Waals surface area contributed by atoms with E-state index >= 15 is 0 Å². The summed E-state index contributed by atoms with van der Waals surface area (Å²) in [6.45, 7) is 4.05. The topological polar surface area (TPSA) is 102 Å². The molecule has 0 aliphatic carbocycles. The molecular formula is C22H27ClN2O5S2. The molecule has 7 nitrogen and oxygen atoms in total. The fraction of sp³-hybridized carbons (Fsp3) is 0.364. The fourth-order valence-electron chi connectivity index (χ4n) is 2.77. The van der Waals surface area contributed by atoms with Crippen molar-refractivity contribution in [1.29, 1.82) is 0 Å². The van der Waals surface area contributed by atoms with Gasteiger partial charge in [0.05, 0.1) is 17.9 Å². The Balaban J connectivity index is 2.09. The van der Waals surface area contributed by atoms with E-state index in [0.717, 1.165) is 11.3 Å². The van der Waals surface area contributed by atoms with Gasteiger partial charge in [-0.2, -0.15) is 16.5 Å². The number of esters is 1. The van der Waals surface area contributed by atoms with E-state index < -0.39 is 22.0 Å². The second kappa shape index (κ2) is 12.8. The lowest BCUT2D eigenvalue weighted by Crippen LogP contribution is -2.44. The van der Waals surface area contributed by atoms with Crippen LogP contribution in [0.3, 0.4) is 0 Å². The highest BCUT2D eigenvalue weighted by atomic mass is 35.5. The Hall–Kier alpha value is -2.07. The molecule has 174 valence electrons. The number of nitrogens with one attached hydrogen (secondary N) is 2. The van der Waals surface area contributed by atoms with E-state index in [4.69, 9.17) is 16.3 Å². The van der Waals surface area contributed by atoms with Gasteiger partial charge in [0.1, 0.15) is 6.04 Å². The first kappa shape index (κ1) is 26.2. The minimum Gasteiger partial charge on any atom is -0.466 e. The zero-order chi connectivity index (χ0) is 23.6. The molecule has 0 fully saturated rings. The number of hydrogen-bond acceptors (Lipinski definition) is 6. The summed E-state index contributed by atoms with van der Waals surface area (Å²) >= 11 is 7.46. The van der Waals surface area contributed by atoms with Gasteiger partial charge in [-0.1, -0.05) is 30.7 Å². The summed E-state index contributed by atoms with van der Waals surface area (Å²) in [5.74, 6) is 0.697. The summed E-state index contributed by atoms with van der Waals surface area (Å²) in [5.41, 5.74) is 1.25. The molecule has 0 aliphatic rings. The number of ether oxygens (including phenoxy) is 1. The number of rotatable bonds is 12. The molecular weight excluding hydrogens is 472 g/mol. The third-order valence-electron chi connectivity index (χ3n) is 4.37. The van der Waals surface area contributed by atoms with Gasteiger partial charge in [-0.3, -0.25) is 9.59 Å². The highest BCUT2D eigenvalue weighted by Crippen LogP contribution is 2.17. The molecule has 0 saturated heterocycles. The van der Waals surface area contributed by atoms with Crippen LogP contribution in [0.15, 0.2) is 53.4 Å². The Morgan fingerprint density at radius 3 is 2.31 bits per heavy atom. The molecule has 0 unspecified atom stereocenters. The molecule has 1 amide bonds. The van der Waals surface area contributed by atoms with E-state index in [1.165, 1.54) is 24.3 Å². The molecule has 0 aromatic heterocycles. The highest BCUT2D eigenvalue weighted by molar-refractivity contribution is 7.99. The first-order valence-corrected chi connectivity index (χ1v) is 13.2. The molecule has 1 atom stereocenters. The first-order valence-electron chi connectivity index (χ1n) is 10.2. The van der Waals surface area contributed by atoms with Crippen LogP contribution in [0.4, 0.5) is 5.69 Å². The van der Waals surface area contributed by atoms with Crippen LogP contribution in [0.5, 0.6) is 0 Å². The number of carbonyl (C=O) groups excluding carboxylic acids is 2. The molecule has 2 rings (SSSR count). The quantitative estimate of drug-likeness (QED) is 0.340. The van der Waals surface area contributed by atoms with Crippen LogP contribution in [-0.2, 0) is 30.8 Å². The molecule has 0 aliphatic heterocycles. The predicted molar refractivity (Wildman–Crippen MR) is 129 cm³/mol. The van der Waals surface area contributed by atoms with Crippen LogP contribution in [-0.4, -0.2) is 44.4 Å². The third kappa shape index (κ3) is 8.46. The molecule has 0 radical (unpaired) electrons. The maximum Gasteiger partial charge on any atom is 0.310 e. The van der Waals surface area contributed by atoms with Gasteiger partial charge in [0.15, 0.2) is 0 Å².